The maximum atomic E-state index is 12.3. The second-order valence-electron chi connectivity index (χ2n) is 4.35. The number of nitrogens with zero attached hydrogens (tertiary/aromatic N) is 1. The van der Waals surface area contributed by atoms with E-state index in [9.17, 15) is 4.79 Å². The van der Waals surface area contributed by atoms with Crippen LogP contribution >= 0.6 is 0 Å². The van der Waals surface area contributed by atoms with Crippen molar-refractivity contribution in [1.29, 1.82) is 0 Å². The Morgan fingerprint density at radius 3 is 2.76 bits per heavy atom. The normalized spacial score (nSPS) is 15.2. The third-order valence-corrected chi connectivity index (χ3v) is 3.06. The Labute approximate surface area is 101 Å². The molecule has 0 saturated carbocycles. The molecule has 0 aromatic heterocycles. The zero-order valence-electron chi connectivity index (χ0n) is 10.1. The van der Waals surface area contributed by atoms with E-state index in [1.54, 1.807) is 19.2 Å². The van der Waals surface area contributed by atoms with Crippen LogP contribution in [0.2, 0.25) is 0 Å². The van der Waals surface area contributed by atoms with E-state index in [0.29, 0.717) is 17.9 Å². The molecule has 0 atom stereocenters. The SMILES string of the molecule is COCc1ccc(N)cc1C(=O)N1CCCC1. The summed E-state index contributed by atoms with van der Waals surface area (Å²) in [7, 11) is 1.63. The summed E-state index contributed by atoms with van der Waals surface area (Å²) in [4.78, 5) is 14.2. The van der Waals surface area contributed by atoms with Gasteiger partial charge in [0.15, 0.2) is 0 Å². The van der Waals surface area contributed by atoms with E-state index >= 15 is 0 Å². The number of carbonyl (C=O) groups excluding carboxylic acids is 1. The molecule has 1 aromatic rings. The number of rotatable bonds is 3. The number of nitrogen functional groups attached to an aromatic ring is 1. The largest absolute Gasteiger partial charge is 0.399 e. The molecule has 2 N–H and O–H groups in total. The Kier molecular flexibility index (Phi) is 3.64. The van der Waals surface area contributed by atoms with E-state index < -0.39 is 0 Å². The van der Waals surface area contributed by atoms with Crippen LogP contribution < -0.4 is 5.73 Å². The minimum Gasteiger partial charge on any atom is -0.399 e. The standard InChI is InChI=1S/C13H18N2O2/c1-17-9-10-4-5-11(14)8-12(10)13(16)15-6-2-3-7-15/h4-5,8H,2-3,6-7,9,14H2,1H3. The monoisotopic (exact) mass is 234 g/mol. The molecule has 0 unspecified atom stereocenters. The van der Waals surface area contributed by atoms with Crippen molar-refractivity contribution in [2.45, 2.75) is 19.4 Å². The average molecular weight is 234 g/mol. The highest BCUT2D eigenvalue weighted by Gasteiger charge is 2.21. The van der Waals surface area contributed by atoms with Gasteiger partial charge in [0.2, 0.25) is 0 Å². The van der Waals surface area contributed by atoms with Crippen molar-refractivity contribution >= 4 is 11.6 Å². The Bertz CT molecular complexity index is 412. The van der Waals surface area contributed by atoms with Gasteiger partial charge in [-0.25, -0.2) is 0 Å². The number of benzene rings is 1. The van der Waals surface area contributed by atoms with Gasteiger partial charge in [-0.3, -0.25) is 4.79 Å². The third-order valence-electron chi connectivity index (χ3n) is 3.06. The molecule has 0 spiro atoms. The van der Waals surface area contributed by atoms with Crippen LogP contribution in [-0.2, 0) is 11.3 Å². The van der Waals surface area contributed by atoms with Gasteiger partial charge in [0.05, 0.1) is 6.61 Å². The van der Waals surface area contributed by atoms with Gasteiger partial charge in [0.1, 0.15) is 0 Å². The molecule has 1 saturated heterocycles. The molecular weight excluding hydrogens is 216 g/mol. The topological polar surface area (TPSA) is 55.6 Å². The molecule has 1 fully saturated rings. The highest BCUT2D eigenvalue weighted by Crippen LogP contribution is 2.19. The summed E-state index contributed by atoms with van der Waals surface area (Å²) in [5.74, 6) is 0.0712. The summed E-state index contributed by atoms with van der Waals surface area (Å²) < 4.78 is 5.11. The predicted octanol–water partition coefficient (Wildman–Crippen LogP) is 1.65. The summed E-state index contributed by atoms with van der Waals surface area (Å²) >= 11 is 0. The molecule has 0 radical (unpaired) electrons. The van der Waals surface area contributed by atoms with E-state index in [2.05, 4.69) is 0 Å². The average Bonchev–Trinajstić information content (AvgIpc) is 2.84. The van der Waals surface area contributed by atoms with Crippen molar-refractivity contribution in [3.05, 3.63) is 29.3 Å². The second-order valence-corrected chi connectivity index (χ2v) is 4.35. The van der Waals surface area contributed by atoms with Crippen LogP contribution in [0.5, 0.6) is 0 Å². The van der Waals surface area contributed by atoms with Gasteiger partial charge >= 0.3 is 0 Å². The maximum absolute atomic E-state index is 12.3. The van der Waals surface area contributed by atoms with Gasteiger partial charge in [-0.05, 0) is 30.5 Å². The third kappa shape index (κ3) is 2.58. The molecule has 17 heavy (non-hydrogen) atoms. The van der Waals surface area contributed by atoms with Crippen molar-refractivity contribution in [3.8, 4) is 0 Å². The molecule has 1 aliphatic heterocycles. The van der Waals surface area contributed by atoms with E-state index in [1.807, 2.05) is 11.0 Å². The summed E-state index contributed by atoms with van der Waals surface area (Å²) in [6.07, 6.45) is 2.18. The van der Waals surface area contributed by atoms with Crippen LogP contribution in [0, 0.1) is 0 Å². The van der Waals surface area contributed by atoms with Gasteiger partial charge in [-0.2, -0.15) is 0 Å². The highest BCUT2D eigenvalue weighted by molar-refractivity contribution is 5.96. The van der Waals surface area contributed by atoms with E-state index in [0.717, 1.165) is 31.5 Å². The van der Waals surface area contributed by atoms with Gasteiger partial charge in [-0.1, -0.05) is 6.07 Å². The van der Waals surface area contributed by atoms with Gasteiger partial charge in [-0.15, -0.1) is 0 Å². The minimum atomic E-state index is 0.0712. The molecule has 1 amide bonds. The van der Waals surface area contributed by atoms with Crippen LogP contribution in [0.1, 0.15) is 28.8 Å². The van der Waals surface area contributed by atoms with Gasteiger partial charge in [0.25, 0.3) is 5.91 Å². The number of likely N-dealkylation sites (tertiary alicyclic amines) is 1. The quantitative estimate of drug-likeness (QED) is 0.809. The number of nitrogens with two attached hydrogens (primary N) is 1. The molecule has 4 nitrogen and oxygen atoms in total. The first kappa shape index (κ1) is 11.9. The van der Waals surface area contributed by atoms with Crippen molar-refractivity contribution in [2.75, 3.05) is 25.9 Å². The Hall–Kier alpha value is -1.55. The first-order valence-corrected chi connectivity index (χ1v) is 5.89. The highest BCUT2D eigenvalue weighted by atomic mass is 16.5. The van der Waals surface area contributed by atoms with Crippen LogP contribution in [0.3, 0.4) is 0 Å². The Morgan fingerprint density at radius 2 is 2.12 bits per heavy atom. The number of anilines is 1. The zero-order chi connectivity index (χ0) is 12.3. The smallest absolute Gasteiger partial charge is 0.254 e. The van der Waals surface area contributed by atoms with Crippen molar-refractivity contribution in [2.24, 2.45) is 0 Å². The number of ether oxygens (including phenoxy) is 1. The minimum absolute atomic E-state index is 0.0712. The van der Waals surface area contributed by atoms with Gasteiger partial charge < -0.3 is 15.4 Å². The second kappa shape index (κ2) is 5.19. The van der Waals surface area contributed by atoms with Crippen LogP contribution in [0.15, 0.2) is 18.2 Å². The number of carbonyl (C=O) groups is 1. The summed E-state index contributed by atoms with van der Waals surface area (Å²) in [5, 5.41) is 0. The first-order chi connectivity index (χ1) is 8.22. The molecule has 1 aliphatic rings. The fourth-order valence-electron chi connectivity index (χ4n) is 2.17. The lowest BCUT2D eigenvalue weighted by Gasteiger charge is -2.17. The van der Waals surface area contributed by atoms with Crippen molar-refractivity contribution in [1.82, 2.24) is 4.90 Å². The number of amides is 1. The Morgan fingerprint density at radius 1 is 1.41 bits per heavy atom. The van der Waals surface area contributed by atoms with Crippen molar-refractivity contribution < 1.29 is 9.53 Å². The van der Waals surface area contributed by atoms with E-state index in [1.165, 1.54) is 0 Å². The molecule has 0 bridgehead atoms. The predicted molar refractivity (Wildman–Crippen MR) is 66.7 cm³/mol. The lowest BCUT2D eigenvalue weighted by Crippen LogP contribution is -2.28. The number of methoxy groups -OCH3 is 1. The first-order valence-electron chi connectivity index (χ1n) is 5.89. The zero-order valence-corrected chi connectivity index (χ0v) is 10.1. The number of hydrogen-bond donors (Lipinski definition) is 1. The summed E-state index contributed by atoms with van der Waals surface area (Å²) in [5.41, 5.74) is 7.94. The van der Waals surface area contributed by atoms with Crippen molar-refractivity contribution in [3.63, 3.8) is 0 Å². The Balaban J connectivity index is 2.28. The van der Waals surface area contributed by atoms with Crippen LogP contribution in [0.4, 0.5) is 5.69 Å². The van der Waals surface area contributed by atoms with Crippen LogP contribution in [0.25, 0.3) is 0 Å². The summed E-state index contributed by atoms with van der Waals surface area (Å²) in [6, 6.07) is 5.41. The van der Waals surface area contributed by atoms with E-state index in [-0.39, 0.29) is 5.91 Å². The van der Waals surface area contributed by atoms with Gasteiger partial charge in [0, 0.05) is 31.5 Å². The lowest BCUT2D eigenvalue weighted by molar-refractivity contribution is 0.0788. The molecule has 0 aliphatic carbocycles. The molecule has 2 rings (SSSR count). The number of hydrogen-bond acceptors (Lipinski definition) is 3. The lowest BCUT2D eigenvalue weighted by atomic mass is 10.1. The molecule has 4 heteroatoms. The molecular formula is C13H18N2O2. The molecule has 1 aromatic carbocycles. The van der Waals surface area contributed by atoms with Crippen LogP contribution in [-0.4, -0.2) is 31.0 Å². The maximum Gasteiger partial charge on any atom is 0.254 e. The van der Waals surface area contributed by atoms with E-state index in [4.69, 9.17) is 10.5 Å². The summed E-state index contributed by atoms with van der Waals surface area (Å²) in [6.45, 7) is 2.13. The molecule has 1 heterocycles. The fourth-order valence-corrected chi connectivity index (χ4v) is 2.17. The fraction of sp³-hybridized carbons (Fsp3) is 0.462. The molecule has 92 valence electrons.